The lowest BCUT2D eigenvalue weighted by Gasteiger charge is -2.39. The Morgan fingerprint density at radius 2 is 1.50 bits per heavy atom. The highest BCUT2D eigenvalue weighted by Gasteiger charge is 2.38. The molecular weight excluding hydrogens is 232 g/mol. The SMILES string of the molecule is CC1CC(O)CCC1CC1CCC(O)C(O)C1O. The third-order valence-electron chi connectivity index (χ3n) is 4.99. The second-order valence-electron chi connectivity index (χ2n) is 6.33. The van der Waals surface area contributed by atoms with Crippen LogP contribution >= 0.6 is 0 Å². The molecule has 7 atom stereocenters. The molecule has 7 unspecified atom stereocenters. The zero-order chi connectivity index (χ0) is 13.3. The van der Waals surface area contributed by atoms with E-state index in [4.69, 9.17) is 0 Å². The minimum absolute atomic E-state index is 0.0890. The van der Waals surface area contributed by atoms with Crippen LogP contribution in [0, 0.1) is 17.8 Å². The highest BCUT2D eigenvalue weighted by atomic mass is 16.4. The highest BCUT2D eigenvalue weighted by molar-refractivity contribution is 4.89. The van der Waals surface area contributed by atoms with Crippen molar-refractivity contribution in [1.82, 2.24) is 0 Å². The highest BCUT2D eigenvalue weighted by Crippen LogP contribution is 2.38. The van der Waals surface area contributed by atoms with Gasteiger partial charge in [-0.05, 0) is 56.3 Å². The molecule has 106 valence electrons. The van der Waals surface area contributed by atoms with Gasteiger partial charge in [-0.25, -0.2) is 0 Å². The molecule has 0 spiro atoms. The van der Waals surface area contributed by atoms with Gasteiger partial charge in [0.05, 0.1) is 18.3 Å². The summed E-state index contributed by atoms with van der Waals surface area (Å²) in [7, 11) is 0. The number of aliphatic hydroxyl groups is 4. The first-order valence-corrected chi connectivity index (χ1v) is 7.21. The summed E-state index contributed by atoms with van der Waals surface area (Å²) in [5.41, 5.74) is 0. The molecule has 4 heteroatoms. The van der Waals surface area contributed by atoms with Gasteiger partial charge >= 0.3 is 0 Å². The van der Waals surface area contributed by atoms with Gasteiger partial charge in [-0.15, -0.1) is 0 Å². The minimum atomic E-state index is -0.992. The maximum atomic E-state index is 10.0. The molecule has 0 aliphatic heterocycles. The second kappa shape index (κ2) is 5.87. The quantitative estimate of drug-likeness (QED) is 0.587. The lowest BCUT2D eigenvalue weighted by atomic mass is 9.70. The average molecular weight is 258 g/mol. The summed E-state index contributed by atoms with van der Waals surface area (Å²) in [5.74, 6) is 1.09. The Balaban J connectivity index is 1.89. The molecule has 18 heavy (non-hydrogen) atoms. The smallest absolute Gasteiger partial charge is 0.106 e. The zero-order valence-corrected chi connectivity index (χ0v) is 11.1. The topological polar surface area (TPSA) is 80.9 Å². The number of hydrogen-bond acceptors (Lipinski definition) is 4. The number of hydrogen-bond donors (Lipinski definition) is 4. The molecule has 2 aliphatic carbocycles. The van der Waals surface area contributed by atoms with Crippen LogP contribution in [-0.2, 0) is 0 Å². The summed E-state index contributed by atoms with van der Waals surface area (Å²) in [4.78, 5) is 0. The van der Waals surface area contributed by atoms with Crippen LogP contribution in [0.15, 0.2) is 0 Å². The molecule has 4 nitrogen and oxygen atoms in total. The van der Waals surface area contributed by atoms with Crippen molar-refractivity contribution in [3.63, 3.8) is 0 Å². The molecule has 0 aromatic heterocycles. The molecule has 2 rings (SSSR count). The third-order valence-corrected chi connectivity index (χ3v) is 4.99. The molecule has 4 N–H and O–H groups in total. The van der Waals surface area contributed by atoms with Crippen LogP contribution in [-0.4, -0.2) is 44.8 Å². The fraction of sp³-hybridized carbons (Fsp3) is 1.00. The van der Waals surface area contributed by atoms with E-state index in [1.54, 1.807) is 0 Å². The lowest BCUT2D eigenvalue weighted by Crippen LogP contribution is -2.47. The van der Waals surface area contributed by atoms with Gasteiger partial charge in [-0.3, -0.25) is 0 Å². The van der Waals surface area contributed by atoms with Crippen molar-refractivity contribution in [3.05, 3.63) is 0 Å². The fourth-order valence-corrected chi connectivity index (χ4v) is 3.66. The Kier molecular flexibility index (Phi) is 4.64. The molecule has 0 saturated heterocycles. The van der Waals surface area contributed by atoms with Crippen molar-refractivity contribution >= 4 is 0 Å². The molecule has 2 saturated carbocycles. The summed E-state index contributed by atoms with van der Waals surface area (Å²) in [6, 6.07) is 0. The lowest BCUT2D eigenvalue weighted by molar-refractivity contribution is -0.116. The van der Waals surface area contributed by atoms with E-state index in [9.17, 15) is 20.4 Å². The zero-order valence-electron chi connectivity index (χ0n) is 11.1. The summed E-state index contributed by atoms with van der Waals surface area (Å²) >= 11 is 0. The molecule has 2 fully saturated rings. The molecule has 0 amide bonds. The van der Waals surface area contributed by atoms with Crippen LogP contribution < -0.4 is 0 Å². The van der Waals surface area contributed by atoms with Gasteiger partial charge in [0.15, 0.2) is 0 Å². The Bertz CT molecular complexity index is 271. The van der Waals surface area contributed by atoms with Crippen molar-refractivity contribution < 1.29 is 20.4 Å². The molecular formula is C14H26O4. The first kappa shape index (κ1) is 14.3. The van der Waals surface area contributed by atoms with Gasteiger partial charge in [0, 0.05) is 0 Å². The van der Waals surface area contributed by atoms with Gasteiger partial charge < -0.3 is 20.4 Å². The number of aliphatic hydroxyl groups excluding tert-OH is 4. The molecule has 0 heterocycles. The van der Waals surface area contributed by atoms with Crippen LogP contribution in [0.5, 0.6) is 0 Å². The van der Waals surface area contributed by atoms with Crippen LogP contribution in [0.3, 0.4) is 0 Å². The van der Waals surface area contributed by atoms with Gasteiger partial charge in [0.2, 0.25) is 0 Å². The van der Waals surface area contributed by atoms with Gasteiger partial charge in [0.1, 0.15) is 6.10 Å². The molecule has 0 aromatic rings. The van der Waals surface area contributed by atoms with Crippen molar-refractivity contribution in [2.24, 2.45) is 17.8 Å². The predicted octanol–water partition coefficient (Wildman–Crippen LogP) is 0.666. The van der Waals surface area contributed by atoms with Crippen LogP contribution in [0.2, 0.25) is 0 Å². The Hall–Kier alpha value is -0.160. The largest absolute Gasteiger partial charge is 0.393 e. The normalized spacial score (nSPS) is 50.2. The van der Waals surface area contributed by atoms with Gasteiger partial charge in [0.25, 0.3) is 0 Å². The van der Waals surface area contributed by atoms with Crippen LogP contribution in [0.4, 0.5) is 0 Å². The van der Waals surface area contributed by atoms with E-state index in [0.29, 0.717) is 18.3 Å². The molecule has 0 radical (unpaired) electrons. The van der Waals surface area contributed by atoms with Gasteiger partial charge in [-0.1, -0.05) is 6.92 Å². The van der Waals surface area contributed by atoms with Crippen molar-refractivity contribution in [2.75, 3.05) is 0 Å². The summed E-state index contributed by atoms with van der Waals surface area (Å²) < 4.78 is 0. The van der Waals surface area contributed by atoms with E-state index in [1.807, 2.05) is 0 Å². The third kappa shape index (κ3) is 3.05. The summed E-state index contributed by atoms with van der Waals surface area (Å²) in [5, 5.41) is 38.9. The average Bonchev–Trinajstić information content (AvgIpc) is 2.33. The minimum Gasteiger partial charge on any atom is -0.393 e. The Labute approximate surface area is 109 Å². The van der Waals surface area contributed by atoms with E-state index in [1.165, 1.54) is 0 Å². The predicted molar refractivity (Wildman–Crippen MR) is 67.9 cm³/mol. The molecule has 0 aromatic carbocycles. The van der Waals surface area contributed by atoms with E-state index in [-0.39, 0.29) is 12.0 Å². The van der Waals surface area contributed by atoms with E-state index < -0.39 is 18.3 Å². The first-order chi connectivity index (χ1) is 8.49. The first-order valence-electron chi connectivity index (χ1n) is 7.21. The Morgan fingerprint density at radius 3 is 2.17 bits per heavy atom. The Morgan fingerprint density at radius 1 is 0.833 bits per heavy atom. The van der Waals surface area contributed by atoms with Crippen LogP contribution in [0.1, 0.15) is 45.4 Å². The van der Waals surface area contributed by atoms with Crippen LogP contribution in [0.25, 0.3) is 0 Å². The monoisotopic (exact) mass is 258 g/mol. The van der Waals surface area contributed by atoms with Crippen molar-refractivity contribution in [2.45, 2.75) is 69.9 Å². The maximum absolute atomic E-state index is 10.0. The summed E-state index contributed by atoms with van der Waals surface area (Å²) in [6.45, 7) is 2.16. The maximum Gasteiger partial charge on any atom is 0.106 e. The molecule has 2 aliphatic rings. The molecule has 0 bridgehead atoms. The standard InChI is InChI=1S/C14H26O4/c1-8-6-11(15)4-2-9(8)7-10-3-5-12(16)14(18)13(10)17/h8-18H,2-7H2,1H3. The van der Waals surface area contributed by atoms with E-state index in [2.05, 4.69) is 6.92 Å². The number of rotatable bonds is 2. The van der Waals surface area contributed by atoms with E-state index >= 15 is 0 Å². The second-order valence-corrected chi connectivity index (χ2v) is 6.33. The van der Waals surface area contributed by atoms with Crippen molar-refractivity contribution in [3.8, 4) is 0 Å². The van der Waals surface area contributed by atoms with Crippen molar-refractivity contribution in [1.29, 1.82) is 0 Å². The van der Waals surface area contributed by atoms with E-state index in [0.717, 1.165) is 32.1 Å². The summed E-state index contributed by atoms with van der Waals surface area (Å²) in [6.07, 6.45) is 2.23. The fourth-order valence-electron chi connectivity index (χ4n) is 3.66. The van der Waals surface area contributed by atoms with Gasteiger partial charge in [-0.2, -0.15) is 0 Å².